The van der Waals surface area contributed by atoms with Gasteiger partial charge in [0.2, 0.25) is 0 Å². The summed E-state index contributed by atoms with van der Waals surface area (Å²) in [5.74, 6) is 0.732. The third kappa shape index (κ3) is 3.35. The Morgan fingerprint density at radius 1 is 1.11 bits per heavy atom. The summed E-state index contributed by atoms with van der Waals surface area (Å²) in [5.41, 5.74) is 0.546. The summed E-state index contributed by atoms with van der Waals surface area (Å²) in [6, 6.07) is 3.83. The first kappa shape index (κ1) is 18.1. The van der Waals surface area contributed by atoms with Gasteiger partial charge in [-0.2, -0.15) is 13.2 Å². The van der Waals surface area contributed by atoms with E-state index in [1.165, 1.54) is 12.3 Å². The van der Waals surface area contributed by atoms with Crippen molar-refractivity contribution in [1.82, 2.24) is 14.4 Å². The molecule has 5 nitrogen and oxygen atoms in total. The molecule has 3 aromatic rings. The number of nitrogens with zero attached hydrogens (tertiary/aromatic N) is 4. The second kappa shape index (κ2) is 6.69. The van der Waals surface area contributed by atoms with Crippen molar-refractivity contribution in [2.75, 3.05) is 18.0 Å². The van der Waals surface area contributed by atoms with Crippen molar-refractivity contribution in [3.8, 4) is 11.3 Å². The Morgan fingerprint density at radius 2 is 1.85 bits per heavy atom. The number of imidazole rings is 1. The number of benzene rings is 1. The average molecular weight is 397 g/mol. The van der Waals surface area contributed by atoms with E-state index in [2.05, 4.69) is 14.9 Å². The molecule has 0 radical (unpaired) electrons. The van der Waals surface area contributed by atoms with Gasteiger partial charge in [0.15, 0.2) is 5.65 Å². The van der Waals surface area contributed by atoms with Crippen molar-refractivity contribution in [2.24, 2.45) is 0 Å². The van der Waals surface area contributed by atoms with E-state index in [4.69, 9.17) is 11.6 Å². The van der Waals surface area contributed by atoms with E-state index in [0.717, 1.165) is 11.9 Å². The molecule has 9 heteroatoms. The molecule has 0 bridgehead atoms. The van der Waals surface area contributed by atoms with Gasteiger partial charge in [0, 0.05) is 18.7 Å². The van der Waals surface area contributed by atoms with Gasteiger partial charge in [0.1, 0.15) is 5.82 Å². The summed E-state index contributed by atoms with van der Waals surface area (Å²) in [4.78, 5) is 10.5. The Balaban J connectivity index is 1.84. The second-order valence-electron chi connectivity index (χ2n) is 6.51. The van der Waals surface area contributed by atoms with E-state index < -0.39 is 11.7 Å². The predicted octanol–water partition coefficient (Wildman–Crippen LogP) is 4.03. The van der Waals surface area contributed by atoms with Gasteiger partial charge in [-0.3, -0.25) is 9.38 Å². The number of fused-ring (bicyclic) bond motifs is 1. The highest BCUT2D eigenvalue weighted by Crippen LogP contribution is 2.38. The minimum atomic E-state index is -4.54. The summed E-state index contributed by atoms with van der Waals surface area (Å²) < 4.78 is 41.5. The molecule has 1 aliphatic heterocycles. The zero-order chi connectivity index (χ0) is 19.2. The van der Waals surface area contributed by atoms with E-state index in [1.54, 1.807) is 22.9 Å². The number of aliphatic hydroxyl groups excluding tert-OH is 1. The van der Waals surface area contributed by atoms with Gasteiger partial charge in [0.05, 0.1) is 41.0 Å². The van der Waals surface area contributed by atoms with Gasteiger partial charge < -0.3 is 10.0 Å². The molecule has 1 aliphatic rings. The number of piperidine rings is 1. The monoisotopic (exact) mass is 396 g/mol. The zero-order valence-corrected chi connectivity index (χ0v) is 14.9. The Kier molecular flexibility index (Phi) is 4.47. The number of hydrogen-bond acceptors (Lipinski definition) is 4. The SMILES string of the molecule is OC1CCN(c2cncc3ncc(-c4ccc(Cl)c(C(F)(F)F)c4)n23)CC1. The topological polar surface area (TPSA) is 53.7 Å². The third-order valence-electron chi connectivity index (χ3n) is 4.75. The van der Waals surface area contributed by atoms with Gasteiger partial charge >= 0.3 is 6.18 Å². The van der Waals surface area contributed by atoms with Crippen LogP contribution < -0.4 is 4.90 Å². The van der Waals surface area contributed by atoms with Crippen LogP contribution in [0.5, 0.6) is 0 Å². The number of aliphatic hydroxyl groups is 1. The summed E-state index contributed by atoms with van der Waals surface area (Å²) in [6.45, 7) is 1.27. The second-order valence-corrected chi connectivity index (χ2v) is 6.92. The van der Waals surface area contributed by atoms with Crippen molar-refractivity contribution < 1.29 is 18.3 Å². The predicted molar refractivity (Wildman–Crippen MR) is 95.9 cm³/mol. The molecule has 0 unspecified atom stereocenters. The lowest BCUT2D eigenvalue weighted by atomic mass is 10.1. The van der Waals surface area contributed by atoms with Crippen LogP contribution in [0.15, 0.2) is 36.8 Å². The maximum atomic E-state index is 13.2. The lowest BCUT2D eigenvalue weighted by Gasteiger charge is -2.31. The highest BCUT2D eigenvalue weighted by molar-refractivity contribution is 6.31. The quantitative estimate of drug-likeness (QED) is 0.710. The van der Waals surface area contributed by atoms with E-state index in [-0.39, 0.29) is 11.1 Å². The van der Waals surface area contributed by atoms with Crippen LogP contribution in [0.3, 0.4) is 0 Å². The van der Waals surface area contributed by atoms with Crippen molar-refractivity contribution in [3.63, 3.8) is 0 Å². The molecular formula is C18H16ClF3N4O. The summed E-state index contributed by atoms with van der Waals surface area (Å²) in [6.07, 6.45) is 1.13. The molecule has 1 fully saturated rings. The molecule has 0 spiro atoms. The number of aromatic nitrogens is 3. The Hall–Kier alpha value is -2.32. The molecule has 0 saturated carbocycles. The number of halogens is 4. The van der Waals surface area contributed by atoms with Crippen LogP contribution in [-0.4, -0.2) is 38.7 Å². The average Bonchev–Trinajstić information content (AvgIpc) is 3.06. The number of alkyl halides is 3. The first-order valence-corrected chi connectivity index (χ1v) is 8.84. The van der Waals surface area contributed by atoms with Crippen LogP contribution in [0.4, 0.5) is 19.0 Å². The fraction of sp³-hybridized carbons (Fsp3) is 0.333. The minimum absolute atomic E-state index is 0.332. The molecule has 0 amide bonds. The molecule has 27 heavy (non-hydrogen) atoms. The molecular weight excluding hydrogens is 381 g/mol. The van der Waals surface area contributed by atoms with Crippen molar-refractivity contribution >= 4 is 23.1 Å². The fourth-order valence-electron chi connectivity index (χ4n) is 3.35. The van der Waals surface area contributed by atoms with Gasteiger partial charge in [0.25, 0.3) is 0 Å². The van der Waals surface area contributed by atoms with E-state index in [1.807, 2.05) is 0 Å². The van der Waals surface area contributed by atoms with Crippen LogP contribution in [0.1, 0.15) is 18.4 Å². The molecule has 1 N–H and O–H groups in total. The maximum Gasteiger partial charge on any atom is 0.417 e. The van der Waals surface area contributed by atoms with Crippen LogP contribution in [0.2, 0.25) is 5.02 Å². The minimum Gasteiger partial charge on any atom is -0.393 e. The first-order valence-electron chi connectivity index (χ1n) is 8.46. The molecule has 1 saturated heterocycles. The molecule has 3 heterocycles. The lowest BCUT2D eigenvalue weighted by molar-refractivity contribution is -0.137. The molecule has 4 rings (SSSR count). The standard InChI is InChI=1S/C18H16ClF3N4O/c19-14-2-1-11(7-13(14)18(20,21)22)15-8-24-16-9-23-10-17(26(15)16)25-5-3-12(27)4-6-25/h1-2,7-10,12,27H,3-6H2. The first-order chi connectivity index (χ1) is 12.8. The number of rotatable bonds is 2. The number of hydrogen-bond donors (Lipinski definition) is 1. The summed E-state index contributed by atoms with van der Waals surface area (Å²) in [7, 11) is 0. The zero-order valence-electron chi connectivity index (χ0n) is 14.1. The van der Waals surface area contributed by atoms with Crippen LogP contribution in [0.25, 0.3) is 16.9 Å². The largest absolute Gasteiger partial charge is 0.417 e. The van der Waals surface area contributed by atoms with E-state index in [0.29, 0.717) is 42.8 Å². The normalized spacial score (nSPS) is 16.3. The molecule has 0 aliphatic carbocycles. The van der Waals surface area contributed by atoms with Crippen molar-refractivity contribution in [3.05, 3.63) is 47.4 Å². The Bertz CT molecular complexity index is 980. The summed E-state index contributed by atoms with van der Waals surface area (Å²) in [5, 5.41) is 9.39. The Morgan fingerprint density at radius 3 is 2.56 bits per heavy atom. The van der Waals surface area contributed by atoms with Gasteiger partial charge in [-0.05, 0) is 25.0 Å². The highest BCUT2D eigenvalue weighted by atomic mass is 35.5. The molecule has 2 aromatic heterocycles. The lowest BCUT2D eigenvalue weighted by Crippen LogP contribution is -2.36. The molecule has 0 atom stereocenters. The van der Waals surface area contributed by atoms with Crippen molar-refractivity contribution in [2.45, 2.75) is 25.1 Å². The van der Waals surface area contributed by atoms with Crippen LogP contribution in [-0.2, 0) is 6.18 Å². The van der Waals surface area contributed by atoms with Crippen LogP contribution in [0, 0.1) is 0 Å². The van der Waals surface area contributed by atoms with Crippen molar-refractivity contribution in [1.29, 1.82) is 0 Å². The van der Waals surface area contributed by atoms with Gasteiger partial charge in [-0.15, -0.1) is 0 Å². The summed E-state index contributed by atoms with van der Waals surface area (Å²) >= 11 is 5.74. The molecule has 142 valence electrons. The van der Waals surface area contributed by atoms with E-state index in [9.17, 15) is 18.3 Å². The smallest absolute Gasteiger partial charge is 0.393 e. The highest BCUT2D eigenvalue weighted by Gasteiger charge is 2.33. The number of anilines is 1. The maximum absolute atomic E-state index is 13.2. The van der Waals surface area contributed by atoms with Gasteiger partial charge in [-0.25, -0.2) is 4.98 Å². The van der Waals surface area contributed by atoms with Crippen LogP contribution >= 0.6 is 11.6 Å². The fourth-order valence-corrected chi connectivity index (χ4v) is 3.57. The van der Waals surface area contributed by atoms with Gasteiger partial charge in [-0.1, -0.05) is 17.7 Å². The molecule has 1 aromatic carbocycles. The van der Waals surface area contributed by atoms with E-state index >= 15 is 0 Å². The Labute approximate surface area is 158 Å². The third-order valence-corrected chi connectivity index (χ3v) is 5.08.